The monoisotopic (exact) mass is 265 g/mol. The molecule has 2 unspecified atom stereocenters. The summed E-state index contributed by atoms with van der Waals surface area (Å²) < 4.78 is 18.4. The van der Waals surface area contributed by atoms with Crippen molar-refractivity contribution in [3.63, 3.8) is 0 Å². The van der Waals surface area contributed by atoms with Gasteiger partial charge in [0.05, 0.1) is 17.1 Å². The van der Waals surface area contributed by atoms with E-state index >= 15 is 0 Å². The number of aromatic nitrogens is 2. The van der Waals surface area contributed by atoms with Crippen LogP contribution in [0.4, 0.5) is 10.3 Å². The van der Waals surface area contributed by atoms with Crippen LogP contribution in [0.3, 0.4) is 0 Å². The molecular weight excluding hydrogens is 249 g/mol. The summed E-state index contributed by atoms with van der Waals surface area (Å²) in [6.07, 6.45) is 0.387. The lowest BCUT2D eigenvalue weighted by molar-refractivity contribution is -0.0176. The topological polar surface area (TPSA) is 70.2 Å². The Hall–Kier alpha value is -1.66. The Bertz CT molecular complexity index is 601. The predicted molar refractivity (Wildman–Crippen MR) is 69.5 cm³/mol. The van der Waals surface area contributed by atoms with Gasteiger partial charge >= 0.3 is 0 Å². The lowest BCUT2D eigenvalue weighted by Crippen LogP contribution is -2.43. The van der Waals surface area contributed by atoms with Crippen molar-refractivity contribution < 1.29 is 14.2 Å². The van der Waals surface area contributed by atoms with Crippen LogP contribution in [0.5, 0.6) is 0 Å². The summed E-state index contributed by atoms with van der Waals surface area (Å²) in [5, 5.41) is 13.4. The van der Waals surface area contributed by atoms with Crippen LogP contribution in [0.15, 0.2) is 18.2 Å². The molecule has 1 aromatic heterocycles. The Balaban J connectivity index is 1.75. The number of H-pyrrole nitrogens is 1. The Labute approximate surface area is 109 Å². The molecule has 3 N–H and O–H groups in total. The van der Waals surface area contributed by atoms with E-state index in [1.807, 2.05) is 6.92 Å². The number of halogens is 1. The van der Waals surface area contributed by atoms with Gasteiger partial charge in [0.2, 0.25) is 5.95 Å². The van der Waals surface area contributed by atoms with Gasteiger partial charge in [-0.1, -0.05) is 0 Å². The highest BCUT2D eigenvalue weighted by Crippen LogP contribution is 2.26. The van der Waals surface area contributed by atoms with Crippen LogP contribution in [0, 0.1) is 5.82 Å². The van der Waals surface area contributed by atoms with Gasteiger partial charge in [0.15, 0.2) is 0 Å². The van der Waals surface area contributed by atoms with Gasteiger partial charge in [-0.3, -0.25) is 0 Å². The third-order valence-electron chi connectivity index (χ3n) is 3.67. The molecular formula is C13H16FN3O2. The van der Waals surface area contributed by atoms with Gasteiger partial charge in [-0.2, -0.15) is 0 Å². The zero-order valence-corrected chi connectivity index (χ0v) is 10.6. The molecule has 0 aliphatic carbocycles. The number of anilines is 1. The fourth-order valence-electron chi connectivity index (χ4n) is 2.31. The third kappa shape index (κ3) is 2.29. The maximum absolute atomic E-state index is 13.1. The van der Waals surface area contributed by atoms with E-state index in [1.54, 1.807) is 6.07 Å². The first-order valence-electron chi connectivity index (χ1n) is 6.30. The number of imidazole rings is 1. The summed E-state index contributed by atoms with van der Waals surface area (Å²) in [5.41, 5.74) is 0.432. The van der Waals surface area contributed by atoms with Crippen LogP contribution >= 0.6 is 0 Å². The molecule has 5 nitrogen and oxygen atoms in total. The highest BCUT2D eigenvalue weighted by molar-refractivity contribution is 5.77. The highest BCUT2D eigenvalue weighted by atomic mass is 19.1. The summed E-state index contributed by atoms with van der Waals surface area (Å²) >= 11 is 0. The maximum Gasteiger partial charge on any atom is 0.201 e. The predicted octanol–water partition coefficient (Wildman–Crippen LogP) is 1.65. The van der Waals surface area contributed by atoms with Gasteiger partial charge in [0, 0.05) is 19.6 Å². The van der Waals surface area contributed by atoms with E-state index in [0.717, 1.165) is 0 Å². The van der Waals surface area contributed by atoms with Crippen LogP contribution < -0.4 is 5.32 Å². The average molecular weight is 265 g/mol. The largest absolute Gasteiger partial charge is 0.385 e. The molecule has 0 saturated carbocycles. The standard InChI is InChI=1S/C13H16FN3O2/c1-8-13(18,4-5-19-8)7-15-12-16-10-3-2-9(14)6-11(10)17-12/h2-3,6,8,18H,4-5,7H2,1H3,(H2,15,16,17). The molecule has 0 radical (unpaired) electrons. The SMILES string of the molecule is CC1OCCC1(O)CNc1nc2ccc(F)cc2[nH]1. The van der Waals surface area contributed by atoms with Crippen LogP contribution in [0.25, 0.3) is 11.0 Å². The molecule has 1 aliphatic heterocycles. The van der Waals surface area contributed by atoms with E-state index < -0.39 is 5.60 Å². The van der Waals surface area contributed by atoms with Gasteiger partial charge in [-0.15, -0.1) is 0 Å². The van der Waals surface area contributed by atoms with E-state index in [9.17, 15) is 9.50 Å². The molecule has 19 heavy (non-hydrogen) atoms. The van der Waals surface area contributed by atoms with Crippen LogP contribution in [0.1, 0.15) is 13.3 Å². The number of hydrogen-bond acceptors (Lipinski definition) is 4. The van der Waals surface area contributed by atoms with E-state index in [2.05, 4.69) is 15.3 Å². The highest BCUT2D eigenvalue weighted by Gasteiger charge is 2.39. The molecule has 1 aromatic carbocycles. The first-order chi connectivity index (χ1) is 9.07. The number of nitrogens with one attached hydrogen (secondary N) is 2. The first-order valence-corrected chi connectivity index (χ1v) is 6.30. The normalized spacial score (nSPS) is 27.0. The second kappa shape index (κ2) is 4.47. The molecule has 0 amide bonds. The van der Waals surface area contributed by atoms with Crippen molar-refractivity contribution in [2.24, 2.45) is 0 Å². The molecule has 2 heterocycles. The van der Waals surface area contributed by atoms with Gasteiger partial charge in [0.1, 0.15) is 11.4 Å². The van der Waals surface area contributed by atoms with E-state index in [-0.39, 0.29) is 11.9 Å². The molecule has 1 fully saturated rings. The van der Waals surface area contributed by atoms with Crippen LogP contribution in [-0.4, -0.2) is 39.9 Å². The van der Waals surface area contributed by atoms with Crippen molar-refractivity contribution in [1.29, 1.82) is 0 Å². The lowest BCUT2D eigenvalue weighted by Gasteiger charge is -2.25. The van der Waals surface area contributed by atoms with Crippen LogP contribution in [0.2, 0.25) is 0 Å². The summed E-state index contributed by atoms with van der Waals surface area (Å²) in [5.74, 6) is 0.215. The number of hydrogen-bond donors (Lipinski definition) is 3. The number of rotatable bonds is 3. The number of ether oxygens (including phenoxy) is 1. The van der Waals surface area contributed by atoms with Gasteiger partial charge in [-0.05, 0) is 25.1 Å². The van der Waals surface area contributed by atoms with Gasteiger partial charge in [0.25, 0.3) is 0 Å². The first kappa shape index (κ1) is 12.4. The van der Waals surface area contributed by atoms with E-state index in [4.69, 9.17) is 4.74 Å². The molecule has 0 spiro atoms. The molecule has 6 heteroatoms. The molecule has 0 bridgehead atoms. The summed E-state index contributed by atoms with van der Waals surface area (Å²) in [6.45, 7) is 2.75. The second-order valence-electron chi connectivity index (χ2n) is 4.97. The molecule has 1 saturated heterocycles. The van der Waals surface area contributed by atoms with Gasteiger partial charge < -0.3 is 20.1 Å². The van der Waals surface area contributed by atoms with Crippen molar-refractivity contribution in [3.8, 4) is 0 Å². The number of aromatic amines is 1. The fraction of sp³-hybridized carbons (Fsp3) is 0.462. The minimum atomic E-state index is -0.885. The Kier molecular flexibility index (Phi) is 2.91. The number of fused-ring (bicyclic) bond motifs is 1. The Morgan fingerprint density at radius 2 is 2.47 bits per heavy atom. The van der Waals surface area contributed by atoms with Gasteiger partial charge in [-0.25, -0.2) is 9.37 Å². The second-order valence-corrected chi connectivity index (χ2v) is 4.97. The minimum Gasteiger partial charge on any atom is -0.385 e. The summed E-state index contributed by atoms with van der Waals surface area (Å²) in [4.78, 5) is 7.26. The van der Waals surface area contributed by atoms with Crippen LogP contribution in [-0.2, 0) is 4.74 Å². The smallest absolute Gasteiger partial charge is 0.201 e. The zero-order chi connectivity index (χ0) is 13.5. The zero-order valence-electron chi connectivity index (χ0n) is 10.6. The molecule has 1 aliphatic rings. The summed E-state index contributed by atoms with van der Waals surface area (Å²) in [6, 6.07) is 4.37. The molecule has 102 valence electrons. The van der Waals surface area contributed by atoms with E-state index in [0.29, 0.717) is 36.6 Å². The third-order valence-corrected chi connectivity index (χ3v) is 3.67. The van der Waals surface area contributed by atoms with Crippen molar-refractivity contribution in [2.45, 2.75) is 25.0 Å². The molecule has 2 aromatic rings. The summed E-state index contributed by atoms with van der Waals surface area (Å²) in [7, 11) is 0. The molecule has 2 atom stereocenters. The average Bonchev–Trinajstić information content (AvgIpc) is 2.91. The number of nitrogens with zero attached hydrogens (tertiary/aromatic N) is 1. The Morgan fingerprint density at radius 3 is 3.21 bits per heavy atom. The van der Waals surface area contributed by atoms with E-state index in [1.165, 1.54) is 12.1 Å². The Morgan fingerprint density at radius 1 is 1.63 bits per heavy atom. The van der Waals surface area contributed by atoms with Crippen molar-refractivity contribution in [3.05, 3.63) is 24.0 Å². The molecule has 3 rings (SSSR count). The number of aliphatic hydroxyl groups is 1. The number of benzene rings is 1. The lowest BCUT2D eigenvalue weighted by atomic mass is 9.97. The maximum atomic E-state index is 13.1. The van der Waals surface area contributed by atoms with Crippen molar-refractivity contribution >= 4 is 17.0 Å². The quantitative estimate of drug-likeness (QED) is 0.789. The van der Waals surface area contributed by atoms with Crippen molar-refractivity contribution in [1.82, 2.24) is 9.97 Å². The van der Waals surface area contributed by atoms with Crippen molar-refractivity contribution in [2.75, 3.05) is 18.5 Å². The fourth-order valence-corrected chi connectivity index (χ4v) is 2.31. The minimum absolute atomic E-state index is 0.207.